The Labute approximate surface area is 204 Å². The second-order valence-electron chi connectivity index (χ2n) is 8.03. The number of amides is 1. The van der Waals surface area contributed by atoms with Gasteiger partial charge in [0.1, 0.15) is 11.6 Å². The first-order chi connectivity index (χ1) is 16.9. The maximum atomic E-state index is 13.3. The molecule has 0 bridgehead atoms. The van der Waals surface area contributed by atoms with Gasteiger partial charge in [-0.25, -0.2) is 4.79 Å². The van der Waals surface area contributed by atoms with Gasteiger partial charge in [0.05, 0.1) is 13.2 Å². The first-order valence-electron chi connectivity index (χ1n) is 11.6. The molecule has 0 aliphatic carbocycles. The number of benzene rings is 2. The van der Waals surface area contributed by atoms with Gasteiger partial charge in [0.25, 0.3) is 5.56 Å². The number of hydrogen-bond donors (Lipinski definition) is 2. The molecule has 0 saturated heterocycles. The van der Waals surface area contributed by atoms with E-state index in [4.69, 9.17) is 15.2 Å². The number of aryl methyl sites for hydroxylation is 1. The highest BCUT2D eigenvalue weighted by molar-refractivity contribution is 5.95. The van der Waals surface area contributed by atoms with Crippen LogP contribution >= 0.6 is 0 Å². The van der Waals surface area contributed by atoms with Crippen molar-refractivity contribution >= 4 is 17.4 Å². The molecule has 0 spiro atoms. The Morgan fingerprint density at radius 2 is 1.77 bits per heavy atom. The summed E-state index contributed by atoms with van der Waals surface area (Å²) in [6.45, 7) is 3.30. The average molecular weight is 481 g/mol. The second-order valence-corrected chi connectivity index (χ2v) is 8.03. The molecule has 0 saturated carbocycles. The van der Waals surface area contributed by atoms with E-state index in [9.17, 15) is 14.4 Å². The molecular weight excluding hydrogens is 448 g/mol. The number of anilines is 2. The molecule has 1 amide bonds. The summed E-state index contributed by atoms with van der Waals surface area (Å²) in [5, 5.41) is 0. The number of H-pyrrole nitrogens is 1. The number of nitrogens with zero attached hydrogens (tertiary/aromatic N) is 2. The van der Waals surface area contributed by atoms with E-state index in [0.717, 1.165) is 16.9 Å². The number of rotatable bonds is 12. The van der Waals surface area contributed by atoms with E-state index in [0.29, 0.717) is 26.1 Å². The van der Waals surface area contributed by atoms with E-state index in [2.05, 4.69) is 4.98 Å². The van der Waals surface area contributed by atoms with Crippen molar-refractivity contribution in [2.75, 3.05) is 37.5 Å². The Morgan fingerprint density at radius 1 is 1.06 bits per heavy atom. The van der Waals surface area contributed by atoms with Gasteiger partial charge in [0.2, 0.25) is 5.91 Å². The quantitative estimate of drug-likeness (QED) is 0.385. The van der Waals surface area contributed by atoms with E-state index in [1.165, 1.54) is 9.47 Å². The maximum absolute atomic E-state index is 13.3. The standard InChI is InChI=1S/C26H32N4O5/c1-3-35-21-13-10-19(11-14-21)12-15-22(31)29(16-7-17-34-2)23-24(27)30(26(33)28-25(23)32)18-20-8-5-4-6-9-20/h4-6,8-11,13-14H,3,7,12,15-18,27H2,1-2H3,(H,28,32,33). The lowest BCUT2D eigenvalue weighted by molar-refractivity contribution is -0.118. The molecule has 0 unspecified atom stereocenters. The van der Waals surface area contributed by atoms with Crippen LogP contribution in [0.3, 0.4) is 0 Å². The Balaban J connectivity index is 1.87. The fourth-order valence-corrected chi connectivity index (χ4v) is 3.79. The first-order valence-corrected chi connectivity index (χ1v) is 11.6. The van der Waals surface area contributed by atoms with Gasteiger partial charge in [-0.1, -0.05) is 42.5 Å². The SMILES string of the molecule is CCOc1ccc(CCC(=O)N(CCCOC)c2c(N)n(Cc3ccccc3)c(=O)[nH]c2=O)cc1. The highest BCUT2D eigenvalue weighted by Gasteiger charge is 2.24. The number of aromatic nitrogens is 2. The number of aromatic amines is 1. The molecule has 0 fully saturated rings. The van der Waals surface area contributed by atoms with E-state index in [1.807, 2.05) is 61.5 Å². The topological polar surface area (TPSA) is 120 Å². The summed E-state index contributed by atoms with van der Waals surface area (Å²) in [4.78, 5) is 42.4. The minimum absolute atomic E-state index is 0.0201. The minimum Gasteiger partial charge on any atom is -0.494 e. The van der Waals surface area contributed by atoms with Crippen molar-refractivity contribution in [3.8, 4) is 5.75 Å². The number of nitrogens with two attached hydrogens (primary N) is 1. The number of ether oxygens (including phenoxy) is 2. The molecule has 0 aliphatic rings. The summed E-state index contributed by atoms with van der Waals surface area (Å²) in [7, 11) is 1.57. The van der Waals surface area contributed by atoms with Crippen molar-refractivity contribution in [1.29, 1.82) is 0 Å². The van der Waals surface area contributed by atoms with Gasteiger partial charge in [0.15, 0.2) is 5.69 Å². The van der Waals surface area contributed by atoms with Crippen LogP contribution in [0, 0.1) is 0 Å². The normalized spacial score (nSPS) is 10.8. The van der Waals surface area contributed by atoms with Gasteiger partial charge < -0.3 is 20.1 Å². The highest BCUT2D eigenvalue weighted by Crippen LogP contribution is 2.20. The Morgan fingerprint density at radius 3 is 2.43 bits per heavy atom. The van der Waals surface area contributed by atoms with Crippen LogP contribution in [0.2, 0.25) is 0 Å². The van der Waals surface area contributed by atoms with Gasteiger partial charge in [-0.3, -0.25) is 19.1 Å². The molecule has 3 aromatic rings. The lowest BCUT2D eigenvalue weighted by Gasteiger charge is -2.24. The van der Waals surface area contributed by atoms with Crippen molar-refractivity contribution in [2.45, 2.75) is 32.7 Å². The van der Waals surface area contributed by atoms with Crippen molar-refractivity contribution in [3.05, 3.63) is 86.6 Å². The zero-order valence-corrected chi connectivity index (χ0v) is 20.2. The summed E-state index contributed by atoms with van der Waals surface area (Å²) in [6.07, 6.45) is 1.15. The molecular formula is C26H32N4O5. The van der Waals surface area contributed by atoms with Crippen LogP contribution in [0.1, 0.15) is 30.9 Å². The van der Waals surface area contributed by atoms with E-state index < -0.39 is 11.2 Å². The molecule has 1 heterocycles. The average Bonchev–Trinajstić information content (AvgIpc) is 2.86. The minimum atomic E-state index is -0.691. The van der Waals surface area contributed by atoms with Crippen LogP contribution in [-0.4, -0.2) is 42.3 Å². The molecule has 0 radical (unpaired) electrons. The third-order valence-electron chi connectivity index (χ3n) is 5.56. The van der Waals surface area contributed by atoms with Gasteiger partial charge in [0, 0.05) is 26.7 Å². The summed E-state index contributed by atoms with van der Waals surface area (Å²) >= 11 is 0. The van der Waals surface area contributed by atoms with E-state index in [-0.39, 0.29) is 36.9 Å². The van der Waals surface area contributed by atoms with Gasteiger partial charge in [-0.2, -0.15) is 0 Å². The molecule has 1 aromatic heterocycles. The number of carbonyl (C=O) groups excluding carboxylic acids is 1. The second kappa shape index (κ2) is 12.6. The fraction of sp³-hybridized carbons (Fsp3) is 0.346. The molecule has 9 heteroatoms. The highest BCUT2D eigenvalue weighted by atomic mass is 16.5. The van der Waals surface area contributed by atoms with E-state index >= 15 is 0 Å². The third kappa shape index (κ3) is 6.83. The molecule has 3 rings (SSSR count). The van der Waals surface area contributed by atoms with Gasteiger partial charge >= 0.3 is 5.69 Å². The van der Waals surface area contributed by atoms with Crippen LogP contribution < -0.4 is 26.6 Å². The lowest BCUT2D eigenvalue weighted by atomic mass is 10.1. The summed E-state index contributed by atoms with van der Waals surface area (Å²) in [5.74, 6) is 0.454. The van der Waals surface area contributed by atoms with Gasteiger partial charge in [-0.15, -0.1) is 0 Å². The predicted molar refractivity (Wildman–Crippen MR) is 136 cm³/mol. The number of hydrogen-bond acceptors (Lipinski definition) is 6. The lowest BCUT2D eigenvalue weighted by Crippen LogP contribution is -2.42. The zero-order valence-electron chi connectivity index (χ0n) is 20.2. The van der Waals surface area contributed by atoms with Crippen LogP contribution in [0.5, 0.6) is 5.75 Å². The number of nitrogens with one attached hydrogen (secondary N) is 1. The molecule has 35 heavy (non-hydrogen) atoms. The molecule has 2 aromatic carbocycles. The predicted octanol–water partition coefficient (Wildman–Crippen LogP) is 2.57. The molecule has 9 nitrogen and oxygen atoms in total. The van der Waals surface area contributed by atoms with Crippen molar-refractivity contribution in [2.24, 2.45) is 0 Å². The number of nitrogen functional groups attached to an aromatic ring is 1. The Hall–Kier alpha value is -3.85. The molecule has 3 N–H and O–H groups in total. The van der Waals surface area contributed by atoms with Crippen LogP contribution in [0.25, 0.3) is 0 Å². The van der Waals surface area contributed by atoms with Crippen LogP contribution in [-0.2, 0) is 22.5 Å². The molecule has 0 aliphatic heterocycles. The number of methoxy groups -OCH3 is 1. The van der Waals surface area contributed by atoms with E-state index in [1.54, 1.807) is 7.11 Å². The monoisotopic (exact) mass is 480 g/mol. The van der Waals surface area contributed by atoms with Gasteiger partial charge in [-0.05, 0) is 43.0 Å². The first kappa shape index (κ1) is 25.8. The maximum Gasteiger partial charge on any atom is 0.330 e. The largest absolute Gasteiger partial charge is 0.494 e. The Kier molecular flexibility index (Phi) is 9.25. The summed E-state index contributed by atoms with van der Waals surface area (Å²) in [5.41, 5.74) is 6.80. The van der Waals surface area contributed by atoms with Crippen molar-refractivity contribution in [3.63, 3.8) is 0 Å². The number of carbonyl (C=O) groups is 1. The molecule has 0 atom stereocenters. The fourth-order valence-electron chi connectivity index (χ4n) is 3.79. The molecule has 186 valence electrons. The Bertz CT molecular complexity index is 1220. The summed E-state index contributed by atoms with van der Waals surface area (Å²) < 4.78 is 11.9. The smallest absolute Gasteiger partial charge is 0.330 e. The zero-order chi connectivity index (χ0) is 25.2. The van der Waals surface area contributed by atoms with Crippen molar-refractivity contribution in [1.82, 2.24) is 9.55 Å². The summed E-state index contributed by atoms with van der Waals surface area (Å²) in [6, 6.07) is 16.8. The third-order valence-corrected chi connectivity index (χ3v) is 5.56. The van der Waals surface area contributed by atoms with Crippen LogP contribution in [0.15, 0.2) is 64.2 Å². The van der Waals surface area contributed by atoms with Crippen molar-refractivity contribution < 1.29 is 14.3 Å². The van der Waals surface area contributed by atoms with Crippen LogP contribution in [0.4, 0.5) is 11.5 Å².